The fraction of sp³-hybridized carbons (Fsp3) is 0.353. The number of nitrogens with one attached hydrogen (secondary N) is 1. The number of pyridine rings is 1. The van der Waals surface area contributed by atoms with Gasteiger partial charge in [-0.15, -0.1) is 0 Å². The lowest BCUT2D eigenvalue weighted by Crippen LogP contribution is -2.31. The number of rotatable bonds is 6. The van der Waals surface area contributed by atoms with Crippen molar-refractivity contribution in [3.8, 4) is 0 Å². The molecule has 0 bridgehead atoms. The number of aromatic nitrogens is 1. The third kappa shape index (κ3) is 3.90. The summed E-state index contributed by atoms with van der Waals surface area (Å²) >= 11 is 0. The maximum Gasteiger partial charge on any atom is 0.0270 e. The van der Waals surface area contributed by atoms with Crippen LogP contribution in [-0.2, 0) is 6.42 Å². The van der Waals surface area contributed by atoms with E-state index in [0.29, 0.717) is 12.0 Å². The molecule has 0 fully saturated rings. The van der Waals surface area contributed by atoms with Crippen molar-refractivity contribution in [2.24, 2.45) is 0 Å². The van der Waals surface area contributed by atoms with Crippen molar-refractivity contribution in [3.63, 3.8) is 0 Å². The third-order valence-corrected chi connectivity index (χ3v) is 3.79. The zero-order chi connectivity index (χ0) is 13.5. The van der Waals surface area contributed by atoms with Crippen LogP contribution in [0.3, 0.4) is 0 Å². The van der Waals surface area contributed by atoms with Crippen LogP contribution in [0.15, 0.2) is 54.9 Å². The van der Waals surface area contributed by atoms with E-state index in [1.807, 2.05) is 19.4 Å². The lowest BCUT2D eigenvalue weighted by Gasteiger charge is -2.24. The molecule has 0 radical (unpaired) electrons. The smallest absolute Gasteiger partial charge is 0.0270 e. The largest absolute Gasteiger partial charge is 0.316 e. The van der Waals surface area contributed by atoms with Crippen LogP contribution in [0.5, 0.6) is 0 Å². The van der Waals surface area contributed by atoms with E-state index in [4.69, 9.17) is 0 Å². The van der Waals surface area contributed by atoms with Crippen LogP contribution in [0.4, 0.5) is 0 Å². The first-order chi connectivity index (χ1) is 9.31. The minimum Gasteiger partial charge on any atom is -0.316 e. The minimum absolute atomic E-state index is 0.489. The van der Waals surface area contributed by atoms with Crippen LogP contribution in [0.25, 0.3) is 0 Å². The molecule has 1 aromatic heterocycles. The molecule has 0 aliphatic carbocycles. The van der Waals surface area contributed by atoms with Gasteiger partial charge in [-0.25, -0.2) is 0 Å². The second-order valence-electron chi connectivity index (χ2n) is 4.99. The Morgan fingerprint density at radius 2 is 1.74 bits per heavy atom. The van der Waals surface area contributed by atoms with Crippen LogP contribution in [0, 0.1) is 0 Å². The summed E-state index contributed by atoms with van der Waals surface area (Å²) in [6.07, 6.45) is 6.00. The summed E-state index contributed by atoms with van der Waals surface area (Å²) in [5, 5.41) is 3.45. The van der Waals surface area contributed by atoms with E-state index in [9.17, 15) is 0 Å². The highest BCUT2D eigenvalue weighted by atomic mass is 14.9. The molecule has 19 heavy (non-hydrogen) atoms. The van der Waals surface area contributed by atoms with Crippen molar-refractivity contribution < 1.29 is 0 Å². The van der Waals surface area contributed by atoms with Crippen LogP contribution in [-0.4, -0.2) is 18.1 Å². The Bertz CT molecular complexity index is 467. The molecule has 2 unspecified atom stereocenters. The molecule has 2 atom stereocenters. The van der Waals surface area contributed by atoms with Crippen LogP contribution >= 0.6 is 0 Å². The predicted molar refractivity (Wildman–Crippen MR) is 80.3 cm³/mol. The predicted octanol–water partition coefficient (Wildman–Crippen LogP) is 3.41. The van der Waals surface area contributed by atoms with Crippen LogP contribution in [0.2, 0.25) is 0 Å². The highest BCUT2D eigenvalue weighted by Gasteiger charge is 2.16. The van der Waals surface area contributed by atoms with Gasteiger partial charge in [0.1, 0.15) is 0 Å². The van der Waals surface area contributed by atoms with Gasteiger partial charge in [-0.05, 0) is 49.1 Å². The van der Waals surface area contributed by atoms with Crippen molar-refractivity contribution in [2.75, 3.05) is 7.05 Å². The van der Waals surface area contributed by atoms with Gasteiger partial charge in [0, 0.05) is 18.4 Å². The van der Waals surface area contributed by atoms with Crippen molar-refractivity contribution in [1.29, 1.82) is 0 Å². The van der Waals surface area contributed by atoms with Crippen molar-refractivity contribution in [3.05, 3.63) is 66.0 Å². The summed E-state index contributed by atoms with van der Waals surface area (Å²) in [6.45, 7) is 2.28. The van der Waals surface area contributed by atoms with E-state index in [1.54, 1.807) is 0 Å². The first-order valence-electron chi connectivity index (χ1n) is 6.92. The second-order valence-corrected chi connectivity index (χ2v) is 4.99. The summed E-state index contributed by atoms with van der Waals surface area (Å²) in [5.41, 5.74) is 2.76. The molecule has 0 saturated carbocycles. The topological polar surface area (TPSA) is 24.9 Å². The Kier molecular flexibility index (Phi) is 5.10. The molecule has 2 rings (SSSR count). The van der Waals surface area contributed by atoms with E-state index < -0.39 is 0 Å². The average Bonchev–Trinajstić information content (AvgIpc) is 2.49. The number of likely N-dealkylation sites (N-methyl/N-ethyl adjacent to an activating group) is 1. The second kappa shape index (κ2) is 7.05. The molecule has 100 valence electrons. The number of aryl methyl sites for hydroxylation is 1. The van der Waals surface area contributed by atoms with E-state index >= 15 is 0 Å². The number of benzene rings is 1. The van der Waals surface area contributed by atoms with E-state index in [2.05, 4.69) is 59.7 Å². The molecular weight excluding hydrogens is 232 g/mol. The van der Waals surface area contributed by atoms with Crippen molar-refractivity contribution in [2.45, 2.75) is 31.7 Å². The van der Waals surface area contributed by atoms with Gasteiger partial charge in [0.2, 0.25) is 0 Å². The molecule has 0 amide bonds. The summed E-state index contributed by atoms with van der Waals surface area (Å²) in [7, 11) is 2.05. The molecule has 0 saturated heterocycles. The molecular formula is C17H22N2. The van der Waals surface area contributed by atoms with Gasteiger partial charge in [-0.2, -0.15) is 0 Å². The van der Waals surface area contributed by atoms with Crippen molar-refractivity contribution in [1.82, 2.24) is 10.3 Å². The Morgan fingerprint density at radius 3 is 2.37 bits per heavy atom. The highest BCUT2D eigenvalue weighted by Crippen LogP contribution is 2.21. The van der Waals surface area contributed by atoms with Gasteiger partial charge in [-0.3, -0.25) is 4.98 Å². The molecule has 2 nitrogen and oxygen atoms in total. The van der Waals surface area contributed by atoms with E-state index in [1.165, 1.54) is 11.1 Å². The molecule has 0 spiro atoms. The monoisotopic (exact) mass is 254 g/mol. The normalized spacial score (nSPS) is 14.0. The average molecular weight is 254 g/mol. The summed E-state index contributed by atoms with van der Waals surface area (Å²) in [4.78, 5) is 4.09. The maximum absolute atomic E-state index is 4.09. The molecule has 1 aromatic carbocycles. The van der Waals surface area contributed by atoms with Crippen LogP contribution < -0.4 is 5.32 Å². The lowest BCUT2D eigenvalue weighted by molar-refractivity contribution is 0.455. The third-order valence-electron chi connectivity index (χ3n) is 3.79. The minimum atomic E-state index is 0.489. The van der Waals surface area contributed by atoms with Gasteiger partial charge < -0.3 is 5.32 Å². The van der Waals surface area contributed by atoms with Gasteiger partial charge >= 0.3 is 0 Å². The van der Waals surface area contributed by atoms with Gasteiger partial charge in [0.05, 0.1) is 0 Å². The molecule has 2 aromatic rings. The number of nitrogens with zero attached hydrogens (tertiary/aromatic N) is 1. The molecule has 0 aliphatic rings. The molecule has 2 heteroatoms. The summed E-state index contributed by atoms with van der Waals surface area (Å²) in [5.74, 6) is 0.497. The maximum atomic E-state index is 4.09. The SMILES string of the molecule is CNC(CCc1ccccc1)C(C)c1ccncc1. The van der Waals surface area contributed by atoms with Crippen molar-refractivity contribution >= 4 is 0 Å². The lowest BCUT2D eigenvalue weighted by atomic mass is 9.90. The zero-order valence-corrected chi connectivity index (χ0v) is 11.7. The Hall–Kier alpha value is -1.67. The zero-order valence-electron chi connectivity index (χ0n) is 11.7. The van der Waals surface area contributed by atoms with Crippen LogP contribution in [0.1, 0.15) is 30.4 Å². The fourth-order valence-electron chi connectivity index (χ4n) is 2.51. The molecule has 1 N–H and O–H groups in total. The van der Waals surface area contributed by atoms with Gasteiger partial charge in [0.15, 0.2) is 0 Å². The van der Waals surface area contributed by atoms with E-state index in [0.717, 1.165) is 12.8 Å². The quantitative estimate of drug-likeness (QED) is 0.854. The number of hydrogen-bond acceptors (Lipinski definition) is 2. The molecule has 0 aliphatic heterocycles. The standard InChI is InChI=1S/C17H22N2/c1-14(16-10-12-19-13-11-16)17(18-2)9-8-15-6-4-3-5-7-15/h3-7,10-14,17-18H,8-9H2,1-2H3. The van der Waals surface area contributed by atoms with Gasteiger partial charge in [0.25, 0.3) is 0 Å². The Morgan fingerprint density at radius 1 is 1.05 bits per heavy atom. The first kappa shape index (κ1) is 13.8. The fourth-order valence-corrected chi connectivity index (χ4v) is 2.51. The Labute approximate surface area is 115 Å². The highest BCUT2D eigenvalue weighted by molar-refractivity contribution is 5.18. The molecule has 1 heterocycles. The summed E-state index contributed by atoms with van der Waals surface area (Å²) < 4.78 is 0. The number of hydrogen-bond donors (Lipinski definition) is 1. The van der Waals surface area contributed by atoms with Gasteiger partial charge in [-0.1, -0.05) is 37.3 Å². The Balaban J connectivity index is 1.97. The summed E-state index contributed by atoms with van der Waals surface area (Å²) in [6, 6.07) is 15.4. The van der Waals surface area contributed by atoms with E-state index in [-0.39, 0.29) is 0 Å². The first-order valence-corrected chi connectivity index (χ1v) is 6.92.